The minimum atomic E-state index is -0.755. The Kier molecular flexibility index (Phi) is 3.31. The molecule has 2 nitrogen and oxygen atoms in total. The minimum Gasteiger partial charge on any atom is -0.387 e. The second-order valence-electron chi connectivity index (χ2n) is 6.08. The molecule has 1 unspecified atom stereocenters. The first kappa shape index (κ1) is 13.9. The largest absolute Gasteiger partial charge is 0.387 e. The fraction of sp³-hybridized carbons (Fsp3) is 0.316. The van der Waals surface area contributed by atoms with Crippen LogP contribution in [-0.2, 0) is 12.8 Å². The maximum absolute atomic E-state index is 10.9. The van der Waals surface area contributed by atoms with Gasteiger partial charge in [-0.2, -0.15) is 5.26 Å². The van der Waals surface area contributed by atoms with Crippen molar-refractivity contribution in [1.82, 2.24) is 0 Å². The van der Waals surface area contributed by atoms with E-state index in [1.165, 1.54) is 11.1 Å². The Labute approximate surface area is 125 Å². The van der Waals surface area contributed by atoms with Gasteiger partial charge in [0.05, 0.1) is 17.6 Å². The van der Waals surface area contributed by atoms with Crippen LogP contribution in [0.4, 0.5) is 0 Å². The number of fused-ring (bicyclic) bond motifs is 1. The summed E-state index contributed by atoms with van der Waals surface area (Å²) in [6, 6.07) is 16.5. The van der Waals surface area contributed by atoms with E-state index in [1.54, 1.807) is 0 Å². The zero-order valence-corrected chi connectivity index (χ0v) is 12.4. The van der Waals surface area contributed by atoms with Crippen molar-refractivity contribution < 1.29 is 5.11 Å². The van der Waals surface area contributed by atoms with Crippen molar-refractivity contribution in [1.29, 1.82) is 5.26 Å². The molecule has 0 bridgehead atoms. The van der Waals surface area contributed by atoms with Crippen molar-refractivity contribution in [2.75, 3.05) is 0 Å². The van der Waals surface area contributed by atoms with Crippen molar-refractivity contribution in [2.45, 2.75) is 32.8 Å². The number of aliphatic hydroxyl groups excluding tert-OH is 1. The quantitative estimate of drug-likeness (QED) is 0.910. The van der Waals surface area contributed by atoms with E-state index in [1.807, 2.05) is 44.2 Å². The molecule has 21 heavy (non-hydrogen) atoms. The average molecular weight is 277 g/mol. The van der Waals surface area contributed by atoms with E-state index in [4.69, 9.17) is 0 Å². The molecular weight excluding hydrogens is 258 g/mol. The van der Waals surface area contributed by atoms with Crippen LogP contribution in [0.25, 0.3) is 0 Å². The third-order valence-electron chi connectivity index (χ3n) is 4.82. The molecule has 1 atom stereocenters. The number of aliphatic hydroxyl groups is 1. The fourth-order valence-corrected chi connectivity index (χ4v) is 3.35. The smallest absolute Gasteiger partial charge is 0.0985 e. The Morgan fingerprint density at radius 2 is 1.67 bits per heavy atom. The van der Waals surface area contributed by atoms with Crippen LogP contribution in [0.1, 0.15) is 33.9 Å². The van der Waals surface area contributed by atoms with Gasteiger partial charge in [0.2, 0.25) is 0 Å². The molecular formula is C19H19NO. The molecule has 0 spiro atoms. The van der Waals surface area contributed by atoms with Gasteiger partial charge in [-0.25, -0.2) is 0 Å². The molecule has 1 N–H and O–H groups in total. The first-order valence-corrected chi connectivity index (χ1v) is 7.29. The number of aryl methyl sites for hydroxylation is 1. The highest BCUT2D eigenvalue weighted by Crippen LogP contribution is 2.46. The van der Waals surface area contributed by atoms with Gasteiger partial charge in [0.25, 0.3) is 0 Å². The molecule has 0 fully saturated rings. The minimum absolute atomic E-state index is 0.619. The van der Waals surface area contributed by atoms with E-state index >= 15 is 0 Å². The number of hydrogen-bond donors (Lipinski definition) is 1. The molecule has 0 aromatic heterocycles. The summed E-state index contributed by atoms with van der Waals surface area (Å²) < 4.78 is 0. The van der Waals surface area contributed by atoms with Gasteiger partial charge in [-0.1, -0.05) is 42.5 Å². The average Bonchev–Trinajstić information content (AvgIpc) is 2.89. The van der Waals surface area contributed by atoms with E-state index in [9.17, 15) is 10.4 Å². The number of nitriles is 1. The first-order valence-electron chi connectivity index (χ1n) is 7.29. The molecule has 2 aromatic carbocycles. The van der Waals surface area contributed by atoms with Gasteiger partial charge in [0.15, 0.2) is 0 Å². The van der Waals surface area contributed by atoms with Crippen LogP contribution in [0.3, 0.4) is 0 Å². The van der Waals surface area contributed by atoms with E-state index in [-0.39, 0.29) is 0 Å². The molecule has 0 amide bonds. The summed E-state index contributed by atoms with van der Waals surface area (Å²) in [4.78, 5) is 0. The van der Waals surface area contributed by atoms with Gasteiger partial charge >= 0.3 is 0 Å². The summed E-state index contributed by atoms with van der Waals surface area (Å²) in [5.74, 6) is 0. The summed E-state index contributed by atoms with van der Waals surface area (Å²) in [6.45, 7) is 4.05. The second kappa shape index (κ2) is 5.02. The van der Waals surface area contributed by atoms with Crippen LogP contribution in [0.2, 0.25) is 0 Å². The normalized spacial score (nSPS) is 17.0. The Balaban J connectivity index is 2.03. The van der Waals surface area contributed by atoms with Gasteiger partial charge in [0, 0.05) is 0 Å². The van der Waals surface area contributed by atoms with Gasteiger partial charge < -0.3 is 5.11 Å². The Hall–Kier alpha value is -2.11. The van der Waals surface area contributed by atoms with E-state index in [0.29, 0.717) is 12.8 Å². The molecule has 0 saturated heterocycles. The molecule has 3 rings (SSSR count). The summed E-state index contributed by atoms with van der Waals surface area (Å²) in [7, 11) is 0. The molecule has 0 heterocycles. The molecule has 0 radical (unpaired) electrons. The lowest BCUT2D eigenvalue weighted by Gasteiger charge is -2.29. The third kappa shape index (κ3) is 2.14. The summed E-state index contributed by atoms with van der Waals surface area (Å²) in [6.07, 6.45) is 0.484. The van der Waals surface area contributed by atoms with E-state index < -0.39 is 11.5 Å². The predicted octanol–water partition coefficient (Wildman–Crippen LogP) is 3.65. The van der Waals surface area contributed by atoms with Crippen LogP contribution >= 0.6 is 0 Å². The lowest BCUT2D eigenvalue weighted by molar-refractivity contribution is 0.0687. The molecule has 2 aromatic rings. The van der Waals surface area contributed by atoms with Crippen molar-refractivity contribution in [2.24, 2.45) is 5.41 Å². The Morgan fingerprint density at radius 1 is 1.05 bits per heavy atom. The summed E-state index contributed by atoms with van der Waals surface area (Å²) >= 11 is 0. The highest BCUT2D eigenvalue weighted by atomic mass is 16.3. The van der Waals surface area contributed by atoms with Crippen molar-refractivity contribution in [3.63, 3.8) is 0 Å². The van der Waals surface area contributed by atoms with Crippen molar-refractivity contribution in [3.05, 3.63) is 70.3 Å². The van der Waals surface area contributed by atoms with E-state index in [0.717, 1.165) is 16.7 Å². The summed E-state index contributed by atoms with van der Waals surface area (Å²) in [5.41, 5.74) is 4.73. The Morgan fingerprint density at radius 3 is 2.24 bits per heavy atom. The predicted molar refractivity (Wildman–Crippen MR) is 82.8 cm³/mol. The lowest BCUT2D eigenvalue weighted by Crippen LogP contribution is -2.29. The van der Waals surface area contributed by atoms with Crippen LogP contribution in [0, 0.1) is 30.6 Å². The van der Waals surface area contributed by atoms with Crippen LogP contribution < -0.4 is 0 Å². The van der Waals surface area contributed by atoms with Gasteiger partial charge in [-0.3, -0.25) is 0 Å². The van der Waals surface area contributed by atoms with Gasteiger partial charge in [0.1, 0.15) is 0 Å². The highest BCUT2D eigenvalue weighted by Gasteiger charge is 2.44. The standard InChI is InChI=1S/C19H19NO/c1-13-6-5-9-17(14(13)2)18(21)19(12-20)10-15-7-3-4-8-16(15)11-19/h3-9,18,21H,10-11H2,1-2H3. The van der Waals surface area contributed by atoms with Crippen molar-refractivity contribution >= 4 is 0 Å². The first-order chi connectivity index (χ1) is 10.1. The lowest BCUT2D eigenvalue weighted by atomic mass is 9.76. The second-order valence-corrected chi connectivity index (χ2v) is 6.08. The molecule has 0 saturated carbocycles. The Bertz CT molecular complexity index is 702. The fourth-order valence-electron chi connectivity index (χ4n) is 3.35. The summed E-state index contributed by atoms with van der Waals surface area (Å²) in [5, 5.41) is 20.7. The van der Waals surface area contributed by atoms with E-state index in [2.05, 4.69) is 18.2 Å². The number of benzene rings is 2. The number of rotatable bonds is 2. The SMILES string of the molecule is Cc1cccc(C(O)C2(C#N)Cc3ccccc3C2)c1C. The topological polar surface area (TPSA) is 44.0 Å². The van der Waals surface area contributed by atoms with Crippen LogP contribution in [0.5, 0.6) is 0 Å². The zero-order chi connectivity index (χ0) is 15.0. The number of nitrogens with zero attached hydrogens (tertiary/aromatic N) is 1. The van der Waals surface area contributed by atoms with Gasteiger partial charge in [-0.05, 0) is 54.5 Å². The molecule has 106 valence electrons. The molecule has 2 heteroatoms. The van der Waals surface area contributed by atoms with Crippen LogP contribution in [0.15, 0.2) is 42.5 Å². The maximum atomic E-state index is 10.9. The highest BCUT2D eigenvalue weighted by molar-refractivity contribution is 5.42. The van der Waals surface area contributed by atoms with Gasteiger partial charge in [-0.15, -0.1) is 0 Å². The third-order valence-corrected chi connectivity index (χ3v) is 4.82. The maximum Gasteiger partial charge on any atom is 0.0985 e. The molecule has 0 aliphatic heterocycles. The monoisotopic (exact) mass is 277 g/mol. The molecule has 1 aliphatic carbocycles. The zero-order valence-electron chi connectivity index (χ0n) is 12.4. The number of hydrogen-bond acceptors (Lipinski definition) is 2. The molecule has 1 aliphatic rings. The van der Waals surface area contributed by atoms with Crippen LogP contribution in [-0.4, -0.2) is 5.11 Å². The van der Waals surface area contributed by atoms with Crippen molar-refractivity contribution in [3.8, 4) is 6.07 Å².